The highest BCUT2D eigenvalue weighted by molar-refractivity contribution is 8.00. The molecule has 0 radical (unpaired) electrons. The summed E-state index contributed by atoms with van der Waals surface area (Å²) in [4.78, 5) is 0. The fourth-order valence-electron chi connectivity index (χ4n) is 2.09. The predicted octanol–water partition coefficient (Wildman–Crippen LogP) is 3.93. The summed E-state index contributed by atoms with van der Waals surface area (Å²) in [7, 11) is 0. The summed E-state index contributed by atoms with van der Waals surface area (Å²) in [6.07, 6.45) is 12.3. The van der Waals surface area contributed by atoms with Gasteiger partial charge in [-0.05, 0) is 38.5 Å². The summed E-state index contributed by atoms with van der Waals surface area (Å²) in [5.74, 6) is 0. The molecular formula is C16H30O2S. The molecule has 0 amide bonds. The van der Waals surface area contributed by atoms with Gasteiger partial charge in [0, 0.05) is 23.7 Å². The third kappa shape index (κ3) is 11.3. The summed E-state index contributed by atoms with van der Waals surface area (Å²) < 4.78 is 0. The van der Waals surface area contributed by atoms with E-state index in [2.05, 4.69) is 13.2 Å². The fraction of sp³-hybridized carbons (Fsp3) is 0.750. The van der Waals surface area contributed by atoms with E-state index in [9.17, 15) is 0 Å². The molecule has 0 saturated heterocycles. The lowest BCUT2D eigenvalue weighted by molar-refractivity contribution is 0.283. The number of thioether (sulfide) groups is 1. The largest absolute Gasteiger partial charge is 0.396 e. The average molecular weight is 286 g/mol. The van der Waals surface area contributed by atoms with Gasteiger partial charge >= 0.3 is 0 Å². The molecule has 0 aliphatic carbocycles. The maximum Gasteiger partial charge on any atom is 0.0431 e. The molecule has 2 N–H and O–H groups in total. The van der Waals surface area contributed by atoms with E-state index in [-0.39, 0.29) is 13.2 Å². The van der Waals surface area contributed by atoms with Gasteiger partial charge in [0.15, 0.2) is 0 Å². The Labute approximate surface area is 123 Å². The molecule has 0 aromatic rings. The third-order valence-electron chi connectivity index (χ3n) is 3.11. The Morgan fingerprint density at radius 2 is 1.21 bits per heavy atom. The first-order valence-electron chi connectivity index (χ1n) is 7.37. The number of aliphatic hydroxyl groups excluding tert-OH is 2. The Bertz CT molecular complexity index is 197. The molecule has 0 aliphatic rings. The molecule has 0 fully saturated rings. The Balaban J connectivity index is 4.12. The molecule has 0 rings (SSSR count). The van der Waals surface area contributed by atoms with Crippen molar-refractivity contribution in [2.75, 3.05) is 13.2 Å². The van der Waals surface area contributed by atoms with Gasteiger partial charge in [-0.15, -0.1) is 13.2 Å². The lowest BCUT2D eigenvalue weighted by atomic mass is 10.1. The first-order valence-corrected chi connectivity index (χ1v) is 8.31. The molecule has 3 heteroatoms. The summed E-state index contributed by atoms with van der Waals surface area (Å²) in [5.41, 5.74) is 0. The maximum absolute atomic E-state index is 8.85. The van der Waals surface area contributed by atoms with Crippen molar-refractivity contribution in [2.24, 2.45) is 0 Å². The number of rotatable bonds is 14. The van der Waals surface area contributed by atoms with Crippen LogP contribution in [-0.4, -0.2) is 33.9 Å². The Morgan fingerprint density at radius 1 is 0.789 bits per heavy atom. The standard InChI is InChI=1S/C16H30O2S/c1-3-9-15(11-5-7-13-17)19-16(10-4-2)12-6-8-14-18/h3-4,15-18H,1-2,5-14H2. The van der Waals surface area contributed by atoms with Gasteiger partial charge in [-0.2, -0.15) is 11.8 Å². The van der Waals surface area contributed by atoms with Gasteiger partial charge in [-0.3, -0.25) is 0 Å². The molecule has 0 aliphatic heterocycles. The van der Waals surface area contributed by atoms with Gasteiger partial charge < -0.3 is 10.2 Å². The highest BCUT2D eigenvalue weighted by atomic mass is 32.2. The second-order valence-electron chi connectivity index (χ2n) is 4.87. The van der Waals surface area contributed by atoms with Crippen LogP contribution in [-0.2, 0) is 0 Å². The monoisotopic (exact) mass is 286 g/mol. The molecule has 112 valence electrons. The lowest BCUT2D eigenvalue weighted by Gasteiger charge is -2.22. The van der Waals surface area contributed by atoms with Crippen LogP contribution >= 0.6 is 11.8 Å². The number of hydrogen-bond acceptors (Lipinski definition) is 3. The van der Waals surface area contributed by atoms with Crippen molar-refractivity contribution in [1.29, 1.82) is 0 Å². The molecule has 0 spiro atoms. The van der Waals surface area contributed by atoms with E-state index in [1.54, 1.807) is 0 Å². The number of aliphatic hydroxyl groups is 2. The number of allylic oxidation sites excluding steroid dienone is 2. The van der Waals surface area contributed by atoms with E-state index in [0.29, 0.717) is 10.5 Å². The highest BCUT2D eigenvalue weighted by Crippen LogP contribution is 2.30. The second kappa shape index (κ2) is 14.2. The van der Waals surface area contributed by atoms with Crippen LogP contribution in [0.25, 0.3) is 0 Å². The quantitative estimate of drug-likeness (QED) is 0.375. The van der Waals surface area contributed by atoms with Crippen molar-refractivity contribution in [2.45, 2.75) is 61.9 Å². The molecule has 2 unspecified atom stereocenters. The summed E-state index contributed by atoms with van der Waals surface area (Å²) in [6, 6.07) is 0. The van der Waals surface area contributed by atoms with Crippen molar-refractivity contribution < 1.29 is 10.2 Å². The molecule has 2 atom stereocenters. The zero-order chi connectivity index (χ0) is 14.3. The van der Waals surface area contributed by atoms with Crippen LogP contribution in [0.1, 0.15) is 51.4 Å². The van der Waals surface area contributed by atoms with Crippen LogP contribution in [0.15, 0.2) is 25.3 Å². The molecule has 0 saturated carbocycles. The second-order valence-corrected chi connectivity index (χ2v) is 6.47. The topological polar surface area (TPSA) is 40.5 Å². The van der Waals surface area contributed by atoms with Gasteiger partial charge in [0.25, 0.3) is 0 Å². The van der Waals surface area contributed by atoms with E-state index in [1.165, 1.54) is 0 Å². The highest BCUT2D eigenvalue weighted by Gasteiger charge is 2.15. The van der Waals surface area contributed by atoms with Gasteiger partial charge in [-0.1, -0.05) is 25.0 Å². The van der Waals surface area contributed by atoms with Crippen LogP contribution in [0.2, 0.25) is 0 Å². The summed E-state index contributed by atoms with van der Waals surface area (Å²) >= 11 is 2.03. The van der Waals surface area contributed by atoms with E-state index in [4.69, 9.17) is 10.2 Å². The smallest absolute Gasteiger partial charge is 0.0431 e. The molecule has 0 bridgehead atoms. The van der Waals surface area contributed by atoms with Crippen molar-refractivity contribution in [3.63, 3.8) is 0 Å². The van der Waals surface area contributed by atoms with Gasteiger partial charge in [0.1, 0.15) is 0 Å². The van der Waals surface area contributed by atoms with Crippen molar-refractivity contribution in [3.8, 4) is 0 Å². The third-order valence-corrected chi connectivity index (χ3v) is 4.74. The fourth-order valence-corrected chi connectivity index (χ4v) is 3.74. The van der Waals surface area contributed by atoms with E-state index in [0.717, 1.165) is 51.4 Å². The minimum atomic E-state index is 0.290. The summed E-state index contributed by atoms with van der Waals surface area (Å²) in [5, 5.41) is 18.9. The van der Waals surface area contributed by atoms with Crippen molar-refractivity contribution in [3.05, 3.63) is 25.3 Å². The average Bonchev–Trinajstić information content (AvgIpc) is 2.39. The molecule has 19 heavy (non-hydrogen) atoms. The maximum atomic E-state index is 8.85. The van der Waals surface area contributed by atoms with E-state index < -0.39 is 0 Å². The van der Waals surface area contributed by atoms with E-state index >= 15 is 0 Å². The first kappa shape index (κ1) is 18.8. The lowest BCUT2D eigenvalue weighted by Crippen LogP contribution is -2.11. The first-order chi connectivity index (χ1) is 9.28. The van der Waals surface area contributed by atoms with Crippen molar-refractivity contribution in [1.82, 2.24) is 0 Å². The van der Waals surface area contributed by atoms with Crippen molar-refractivity contribution >= 4 is 11.8 Å². The Morgan fingerprint density at radius 3 is 1.53 bits per heavy atom. The van der Waals surface area contributed by atoms with Crippen LogP contribution in [0, 0.1) is 0 Å². The molecule has 0 heterocycles. The Kier molecular flexibility index (Phi) is 14.0. The number of hydrogen-bond donors (Lipinski definition) is 2. The molecular weight excluding hydrogens is 256 g/mol. The van der Waals surface area contributed by atoms with Crippen LogP contribution in [0.5, 0.6) is 0 Å². The molecule has 0 aromatic heterocycles. The molecule has 0 aromatic carbocycles. The van der Waals surface area contributed by atoms with E-state index in [1.807, 2.05) is 23.9 Å². The van der Waals surface area contributed by atoms with Gasteiger partial charge in [0.2, 0.25) is 0 Å². The normalized spacial score (nSPS) is 14.0. The molecule has 2 nitrogen and oxygen atoms in total. The van der Waals surface area contributed by atoms with Gasteiger partial charge in [-0.25, -0.2) is 0 Å². The Hall–Kier alpha value is -0.250. The minimum Gasteiger partial charge on any atom is -0.396 e. The van der Waals surface area contributed by atoms with Gasteiger partial charge in [0.05, 0.1) is 0 Å². The predicted molar refractivity (Wildman–Crippen MR) is 86.7 cm³/mol. The number of unbranched alkanes of at least 4 members (excludes halogenated alkanes) is 2. The van der Waals surface area contributed by atoms with Crippen LogP contribution < -0.4 is 0 Å². The minimum absolute atomic E-state index is 0.290. The zero-order valence-corrected chi connectivity index (χ0v) is 12.9. The zero-order valence-electron chi connectivity index (χ0n) is 12.1. The SMILES string of the molecule is C=CCC(CCCCO)SC(CC=C)CCCCO. The summed E-state index contributed by atoms with van der Waals surface area (Å²) in [6.45, 7) is 8.26. The van der Waals surface area contributed by atoms with Crippen LogP contribution in [0.3, 0.4) is 0 Å². The van der Waals surface area contributed by atoms with Crippen LogP contribution in [0.4, 0.5) is 0 Å².